The molecule has 6 heteroatoms. The van der Waals surface area contributed by atoms with Gasteiger partial charge in [-0.3, -0.25) is 9.59 Å². The molecule has 0 heterocycles. The maximum atomic E-state index is 12.2. The van der Waals surface area contributed by atoms with Crippen LogP contribution in [0.3, 0.4) is 0 Å². The highest BCUT2D eigenvalue weighted by Crippen LogP contribution is 2.11. The van der Waals surface area contributed by atoms with Crippen LogP contribution in [0.4, 0.5) is 0 Å². The number of ether oxygens (including phenoxy) is 1. The number of hydrogen-bond acceptors (Lipinski definition) is 4. The summed E-state index contributed by atoms with van der Waals surface area (Å²) in [7, 11) is 3.26. The van der Waals surface area contributed by atoms with Crippen LogP contribution in [0.15, 0.2) is 24.3 Å². The summed E-state index contributed by atoms with van der Waals surface area (Å²) in [6, 6.07) is 7.51. The molecule has 0 unspecified atom stereocenters. The van der Waals surface area contributed by atoms with E-state index in [1.165, 1.54) is 10.5 Å². The Morgan fingerprint density at radius 2 is 1.95 bits per heavy atom. The second-order valence-electron chi connectivity index (χ2n) is 4.99. The van der Waals surface area contributed by atoms with Gasteiger partial charge in [0.25, 0.3) is 5.91 Å². The minimum absolute atomic E-state index is 0.0539. The molecule has 1 rings (SSSR count). The Kier molecular flexibility index (Phi) is 8.62. The molecule has 2 amide bonds. The van der Waals surface area contributed by atoms with Crippen LogP contribution in [-0.2, 0) is 15.3 Å². The van der Waals surface area contributed by atoms with Crippen molar-refractivity contribution in [3.05, 3.63) is 35.4 Å². The predicted octanol–water partition coefficient (Wildman–Crippen LogP) is 1.77. The summed E-state index contributed by atoms with van der Waals surface area (Å²) in [6.45, 7) is 1.22. The van der Waals surface area contributed by atoms with E-state index in [0.717, 1.165) is 12.2 Å². The molecule has 5 nitrogen and oxygen atoms in total. The molecule has 0 bridgehead atoms. The van der Waals surface area contributed by atoms with E-state index in [-0.39, 0.29) is 18.4 Å². The summed E-state index contributed by atoms with van der Waals surface area (Å²) in [5, 5.41) is 2.76. The highest BCUT2D eigenvalue weighted by atomic mass is 32.2. The van der Waals surface area contributed by atoms with E-state index < -0.39 is 0 Å². The minimum atomic E-state index is -0.161. The summed E-state index contributed by atoms with van der Waals surface area (Å²) in [6.07, 6.45) is 2.80. The number of carbonyl (C=O) groups excluding carboxylic acids is 2. The molecule has 0 aliphatic carbocycles. The molecule has 22 heavy (non-hydrogen) atoms. The SMILES string of the molecule is COCCCNC(=O)CN(C)C(=O)c1ccc(CSC)cc1. The number of rotatable bonds is 9. The van der Waals surface area contributed by atoms with Gasteiger partial charge in [-0.25, -0.2) is 0 Å². The van der Waals surface area contributed by atoms with E-state index >= 15 is 0 Å². The van der Waals surface area contributed by atoms with E-state index in [1.807, 2.05) is 18.4 Å². The Bertz CT molecular complexity index is 477. The zero-order valence-corrected chi connectivity index (χ0v) is 14.2. The van der Waals surface area contributed by atoms with Crippen molar-refractivity contribution in [2.45, 2.75) is 12.2 Å². The summed E-state index contributed by atoms with van der Waals surface area (Å²) in [5.74, 6) is 0.613. The smallest absolute Gasteiger partial charge is 0.254 e. The van der Waals surface area contributed by atoms with Crippen molar-refractivity contribution in [1.82, 2.24) is 10.2 Å². The average Bonchev–Trinajstić information content (AvgIpc) is 2.52. The maximum Gasteiger partial charge on any atom is 0.254 e. The Morgan fingerprint density at radius 1 is 1.27 bits per heavy atom. The number of carbonyl (C=O) groups is 2. The number of amides is 2. The lowest BCUT2D eigenvalue weighted by molar-refractivity contribution is -0.121. The zero-order valence-electron chi connectivity index (χ0n) is 13.4. The number of thioether (sulfide) groups is 1. The molecule has 0 spiro atoms. The molecule has 1 aromatic rings. The van der Waals surface area contributed by atoms with E-state index in [4.69, 9.17) is 4.74 Å². The second-order valence-corrected chi connectivity index (χ2v) is 5.85. The van der Waals surface area contributed by atoms with Gasteiger partial charge in [-0.1, -0.05) is 12.1 Å². The number of hydrogen-bond donors (Lipinski definition) is 1. The normalized spacial score (nSPS) is 10.3. The van der Waals surface area contributed by atoms with Crippen LogP contribution in [0.2, 0.25) is 0 Å². The van der Waals surface area contributed by atoms with Crippen molar-refractivity contribution in [3.63, 3.8) is 0 Å². The third-order valence-electron chi connectivity index (χ3n) is 3.09. The molecule has 0 saturated heterocycles. The molecule has 0 saturated carbocycles. The van der Waals surface area contributed by atoms with E-state index in [2.05, 4.69) is 5.32 Å². The first kappa shape index (κ1) is 18.5. The minimum Gasteiger partial charge on any atom is -0.385 e. The predicted molar refractivity (Wildman–Crippen MR) is 90.1 cm³/mol. The molecule has 1 N–H and O–H groups in total. The van der Waals surface area contributed by atoms with E-state index in [1.54, 1.807) is 38.1 Å². The highest BCUT2D eigenvalue weighted by molar-refractivity contribution is 7.97. The second kappa shape index (κ2) is 10.2. The molecular formula is C16H24N2O3S. The molecule has 0 aromatic heterocycles. The van der Waals surface area contributed by atoms with Crippen molar-refractivity contribution >= 4 is 23.6 Å². The molecule has 1 aromatic carbocycles. The lowest BCUT2D eigenvalue weighted by atomic mass is 10.1. The van der Waals surface area contributed by atoms with Crippen LogP contribution in [0.1, 0.15) is 22.3 Å². The molecule has 0 atom stereocenters. The number of nitrogens with zero attached hydrogens (tertiary/aromatic N) is 1. The van der Waals surface area contributed by atoms with Crippen molar-refractivity contribution < 1.29 is 14.3 Å². The van der Waals surface area contributed by atoms with Crippen LogP contribution >= 0.6 is 11.8 Å². The van der Waals surface area contributed by atoms with Crippen molar-refractivity contribution in [2.75, 3.05) is 40.1 Å². The maximum absolute atomic E-state index is 12.2. The van der Waals surface area contributed by atoms with Crippen LogP contribution < -0.4 is 5.32 Å². The monoisotopic (exact) mass is 324 g/mol. The van der Waals surface area contributed by atoms with Gasteiger partial charge >= 0.3 is 0 Å². The Hall–Kier alpha value is -1.53. The van der Waals surface area contributed by atoms with Gasteiger partial charge in [0.05, 0.1) is 6.54 Å². The lowest BCUT2D eigenvalue weighted by Crippen LogP contribution is -2.38. The van der Waals surface area contributed by atoms with Gasteiger partial charge in [-0.05, 0) is 30.4 Å². The van der Waals surface area contributed by atoms with Gasteiger partial charge in [0, 0.05) is 38.6 Å². The topological polar surface area (TPSA) is 58.6 Å². The van der Waals surface area contributed by atoms with Crippen LogP contribution in [0.5, 0.6) is 0 Å². The van der Waals surface area contributed by atoms with Crippen molar-refractivity contribution in [2.24, 2.45) is 0 Å². The standard InChI is InChI=1S/C16H24N2O3S/c1-18(11-15(19)17-9-4-10-21-2)16(20)14-7-5-13(6-8-14)12-22-3/h5-8H,4,9-12H2,1-3H3,(H,17,19). The van der Waals surface area contributed by atoms with Crippen LogP contribution in [-0.4, -0.2) is 56.8 Å². The zero-order chi connectivity index (χ0) is 16.4. The van der Waals surface area contributed by atoms with Crippen molar-refractivity contribution in [1.29, 1.82) is 0 Å². The summed E-state index contributed by atoms with van der Waals surface area (Å²) in [5.41, 5.74) is 1.78. The van der Waals surface area contributed by atoms with Crippen LogP contribution in [0.25, 0.3) is 0 Å². The summed E-state index contributed by atoms with van der Waals surface area (Å²) >= 11 is 1.74. The molecule has 0 radical (unpaired) electrons. The van der Waals surface area contributed by atoms with Gasteiger partial charge in [-0.15, -0.1) is 0 Å². The van der Waals surface area contributed by atoms with Gasteiger partial charge in [0.15, 0.2) is 0 Å². The first-order valence-corrected chi connectivity index (χ1v) is 8.57. The number of likely N-dealkylation sites (N-methyl/N-ethyl adjacent to an activating group) is 1. The largest absolute Gasteiger partial charge is 0.385 e. The van der Waals surface area contributed by atoms with E-state index in [0.29, 0.717) is 18.7 Å². The number of benzene rings is 1. The molecule has 0 aliphatic rings. The molecule has 0 fully saturated rings. The summed E-state index contributed by atoms with van der Waals surface area (Å²) < 4.78 is 4.91. The van der Waals surface area contributed by atoms with Gasteiger partial charge in [0.2, 0.25) is 5.91 Å². The Morgan fingerprint density at radius 3 is 2.55 bits per heavy atom. The number of nitrogens with one attached hydrogen (secondary N) is 1. The molecule has 0 aliphatic heterocycles. The highest BCUT2D eigenvalue weighted by Gasteiger charge is 2.14. The Balaban J connectivity index is 2.45. The third-order valence-corrected chi connectivity index (χ3v) is 3.71. The first-order valence-electron chi connectivity index (χ1n) is 7.17. The fraction of sp³-hybridized carbons (Fsp3) is 0.500. The van der Waals surface area contributed by atoms with Gasteiger partial charge in [0.1, 0.15) is 0 Å². The first-order chi connectivity index (χ1) is 10.6. The fourth-order valence-corrected chi connectivity index (χ4v) is 2.44. The molecule has 122 valence electrons. The van der Waals surface area contributed by atoms with Gasteiger partial charge in [-0.2, -0.15) is 11.8 Å². The molecular weight excluding hydrogens is 300 g/mol. The lowest BCUT2D eigenvalue weighted by Gasteiger charge is -2.17. The third kappa shape index (κ3) is 6.49. The number of methoxy groups -OCH3 is 1. The summed E-state index contributed by atoms with van der Waals surface area (Å²) in [4.78, 5) is 25.4. The average molecular weight is 324 g/mol. The quantitative estimate of drug-likeness (QED) is 0.704. The van der Waals surface area contributed by atoms with Gasteiger partial charge < -0.3 is 15.0 Å². The van der Waals surface area contributed by atoms with Crippen LogP contribution in [0, 0.1) is 0 Å². The van der Waals surface area contributed by atoms with E-state index in [9.17, 15) is 9.59 Å². The van der Waals surface area contributed by atoms with Crippen molar-refractivity contribution in [3.8, 4) is 0 Å². The Labute approximate surface area is 136 Å². The fourth-order valence-electron chi connectivity index (χ4n) is 1.92.